The van der Waals surface area contributed by atoms with Crippen LogP contribution in [0.25, 0.3) is 5.69 Å². The molecule has 4 nitrogen and oxygen atoms in total. The lowest BCUT2D eigenvalue weighted by Crippen LogP contribution is -2.26. The van der Waals surface area contributed by atoms with Crippen molar-refractivity contribution < 1.29 is 4.74 Å². The highest BCUT2D eigenvalue weighted by atomic mass is 16.5. The van der Waals surface area contributed by atoms with Crippen LogP contribution in [0.1, 0.15) is 66.2 Å². The van der Waals surface area contributed by atoms with Crippen molar-refractivity contribution in [2.75, 3.05) is 11.9 Å². The standard InChI is InChI=1S/C21H33N3O/c1-5-6-7-8-9-10-17-25-19-13-11-18(12-14-19)24-16-15-20(23-24)22-21(2,3)4/h11-16H,5-10,17H2,1-4H3,(H,22,23). The van der Waals surface area contributed by atoms with Gasteiger partial charge in [-0.25, -0.2) is 4.68 Å². The van der Waals surface area contributed by atoms with Crippen molar-refractivity contribution in [2.45, 2.75) is 71.8 Å². The second-order valence-corrected chi connectivity index (χ2v) is 7.63. The Morgan fingerprint density at radius 3 is 2.32 bits per heavy atom. The van der Waals surface area contributed by atoms with Gasteiger partial charge in [-0.2, -0.15) is 5.10 Å². The maximum atomic E-state index is 5.83. The highest BCUT2D eigenvalue weighted by Crippen LogP contribution is 2.18. The Bertz CT molecular complexity index is 611. The Kier molecular flexibility index (Phi) is 7.35. The molecule has 0 radical (unpaired) electrons. The lowest BCUT2D eigenvalue weighted by molar-refractivity contribution is 0.304. The van der Waals surface area contributed by atoms with Crippen molar-refractivity contribution in [2.24, 2.45) is 0 Å². The molecule has 0 fully saturated rings. The number of unbranched alkanes of at least 4 members (excludes halogenated alkanes) is 5. The molecule has 0 bridgehead atoms. The molecular weight excluding hydrogens is 310 g/mol. The molecule has 0 aliphatic carbocycles. The third-order valence-corrected chi connectivity index (χ3v) is 3.96. The summed E-state index contributed by atoms with van der Waals surface area (Å²) in [5.41, 5.74) is 1.04. The molecule has 0 amide bonds. The molecule has 2 aromatic rings. The van der Waals surface area contributed by atoms with Gasteiger partial charge in [0.1, 0.15) is 11.6 Å². The molecule has 0 spiro atoms. The number of rotatable bonds is 10. The van der Waals surface area contributed by atoms with Crippen molar-refractivity contribution >= 4 is 5.82 Å². The summed E-state index contributed by atoms with van der Waals surface area (Å²) >= 11 is 0. The molecule has 25 heavy (non-hydrogen) atoms. The maximum Gasteiger partial charge on any atom is 0.148 e. The minimum Gasteiger partial charge on any atom is -0.494 e. The number of nitrogens with zero attached hydrogens (tertiary/aromatic N) is 2. The number of hydrogen-bond acceptors (Lipinski definition) is 3. The zero-order valence-electron chi connectivity index (χ0n) is 16.2. The largest absolute Gasteiger partial charge is 0.494 e. The van der Waals surface area contributed by atoms with Crippen molar-refractivity contribution in [1.82, 2.24) is 9.78 Å². The normalized spacial score (nSPS) is 11.5. The SMILES string of the molecule is CCCCCCCCOc1ccc(-n2ccc(NC(C)(C)C)n2)cc1. The zero-order valence-corrected chi connectivity index (χ0v) is 16.2. The Labute approximate surface area is 152 Å². The van der Waals surface area contributed by atoms with Crippen LogP contribution < -0.4 is 10.1 Å². The molecule has 0 aliphatic heterocycles. The molecule has 1 N–H and O–H groups in total. The quantitative estimate of drug-likeness (QED) is 0.552. The van der Waals surface area contributed by atoms with Gasteiger partial charge in [0.15, 0.2) is 0 Å². The van der Waals surface area contributed by atoms with E-state index in [0.717, 1.165) is 30.3 Å². The van der Waals surface area contributed by atoms with Crippen LogP contribution in [0.2, 0.25) is 0 Å². The summed E-state index contributed by atoms with van der Waals surface area (Å²) in [6.07, 6.45) is 9.68. The van der Waals surface area contributed by atoms with Crippen LogP contribution in [0, 0.1) is 0 Å². The summed E-state index contributed by atoms with van der Waals surface area (Å²) < 4.78 is 7.71. The zero-order chi connectivity index (χ0) is 18.1. The van der Waals surface area contributed by atoms with Gasteiger partial charge in [0.2, 0.25) is 0 Å². The van der Waals surface area contributed by atoms with Crippen molar-refractivity contribution in [3.8, 4) is 11.4 Å². The summed E-state index contributed by atoms with van der Waals surface area (Å²) in [4.78, 5) is 0. The molecule has 1 aromatic carbocycles. The molecule has 138 valence electrons. The van der Waals surface area contributed by atoms with Crippen molar-refractivity contribution in [3.63, 3.8) is 0 Å². The smallest absolute Gasteiger partial charge is 0.148 e. The number of hydrogen-bond donors (Lipinski definition) is 1. The average Bonchev–Trinajstić information content (AvgIpc) is 3.01. The number of benzene rings is 1. The number of aromatic nitrogens is 2. The fraction of sp³-hybridized carbons (Fsp3) is 0.571. The number of ether oxygens (including phenoxy) is 1. The van der Waals surface area contributed by atoms with E-state index in [1.807, 2.05) is 41.2 Å². The molecule has 1 aromatic heterocycles. The third kappa shape index (κ3) is 7.20. The van der Waals surface area contributed by atoms with Gasteiger partial charge in [-0.1, -0.05) is 39.0 Å². The lowest BCUT2D eigenvalue weighted by Gasteiger charge is -2.19. The molecule has 0 saturated heterocycles. The number of anilines is 1. The van der Waals surface area contributed by atoms with Crippen molar-refractivity contribution in [1.29, 1.82) is 0 Å². The molecule has 0 atom stereocenters. The molecular formula is C21H33N3O. The lowest BCUT2D eigenvalue weighted by atomic mass is 10.1. The first-order chi connectivity index (χ1) is 12.0. The van der Waals surface area contributed by atoms with Crippen LogP contribution in [-0.2, 0) is 0 Å². The molecule has 2 rings (SSSR count). The predicted octanol–water partition coefficient (Wildman–Crippen LogP) is 5.82. The Morgan fingerprint density at radius 2 is 1.64 bits per heavy atom. The van der Waals surface area contributed by atoms with Gasteiger partial charge in [0.05, 0.1) is 12.3 Å². The van der Waals surface area contributed by atoms with Crippen LogP contribution in [0.3, 0.4) is 0 Å². The van der Waals surface area contributed by atoms with Gasteiger partial charge < -0.3 is 10.1 Å². The van der Waals surface area contributed by atoms with Gasteiger partial charge in [-0.05, 0) is 51.5 Å². The van der Waals surface area contributed by atoms with Gasteiger partial charge in [0, 0.05) is 17.8 Å². The van der Waals surface area contributed by atoms with Crippen LogP contribution in [0.15, 0.2) is 36.5 Å². The number of nitrogens with one attached hydrogen (secondary N) is 1. The van der Waals surface area contributed by atoms with Gasteiger partial charge in [-0.3, -0.25) is 0 Å². The summed E-state index contributed by atoms with van der Waals surface area (Å²) in [5.74, 6) is 1.81. The summed E-state index contributed by atoms with van der Waals surface area (Å²) in [6.45, 7) is 9.43. The Hall–Kier alpha value is -1.97. The van der Waals surface area contributed by atoms with E-state index in [9.17, 15) is 0 Å². The second kappa shape index (κ2) is 9.50. The molecule has 1 heterocycles. The Morgan fingerprint density at radius 1 is 0.960 bits per heavy atom. The maximum absolute atomic E-state index is 5.83. The van der Waals surface area contributed by atoms with Crippen LogP contribution in [-0.4, -0.2) is 21.9 Å². The Balaban J connectivity index is 1.78. The fourth-order valence-electron chi connectivity index (χ4n) is 2.69. The molecule has 0 unspecified atom stereocenters. The van der Waals surface area contributed by atoms with Crippen LogP contribution in [0.5, 0.6) is 5.75 Å². The molecule has 4 heteroatoms. The van der Waals surface area contributed by atoms with E-state index < -0.39 is 0 Å². The van der Waals surface area contributed by atoms with E-state index in [-0.39, 0.29) is 5.54 Å². The summed E-state index contributed by atoms with van der Waals surface area (Å²) in [6, 6.07) is 10.1. The minimum absolute atomic E-state index is 0.00736. The fourth-order valence-corrected chi connectivity index (χ4v) is 2.69. The first-order valence-corrected chi connectivity index (χ1v) is 9.55. The van der Waals surface area contributed by atoms with E-state index in [4.69, 9.17) is 4.74 Å². The van der Waals surface area contributed by atoms with E-state index in [1.165, 1.54) is 32.1 Å². The third-order valence-electron chi connectivity index (χ3n) is 3.96. The second-order valence-electron chi connectivity index (χ2n) is 7.63. The minimum atomic E-state index is 0.00736. The van der Waals surface area contributed by atoms with Gasteiger partial charge >= 0.3 is 0 Å². The highest BCUT2D eigenvalue weighted by Gasteiger charge is 2.11. The van der Waals surface area contributed by atoms with E-state index >= 15 is 0 Å². The average molecular weight is 344 g/mol. The monoisotopic (exact) mass is 343 g/mol. The highest BCUT2D eigenvalue weighted by molar-refractivity contribution is 5.41. The van der Waals surface area contributed by atoms with Gasteiger partial charge in [-0.15, -0.1) is 0 Å². The summed E-state index contributed by atoms with van der Waals surface area (Å²) in [7, 11) is 0. The predicted molar refractivity (Wildman–Crippen MR) is 106 cm³/mol. The van der Waals surface area contributed by atoms with Crippen LogP contribution >= 0.6 is 0 Å². The summed E-state index contributed by atoms with van der Waals surface area (Å²) in [5, 5.41) is 7.95. The molecule has 0 aliphatic rings. The first kappa shape index (κ1) is 19.4. The topological polar surface area (TPSA) is 39.1 Å². The van der Waals surface area contributed by atoms with E-state index in [0.29, 0.717) is 0 Å². The molecule has 0 saturated carbocycles. The first-order valence-electron chi connectivity index (χ1n) is 9.55. The van der Waals surface area contributed by atoms with Crippen LogP contribution in [0.4, 0.5) is 5.82 Å². The van der Waals surface area contributed by atoms with E-state index in [2.05, 4.69) is 38.1 Å². The van der Waals surface area contributed by atoms with Crippen molar-refractivity contribution in [3.05, 3.63) is 36.5 Å². The van der Waals surface area contributed by atoms with Gasteiger partial charge in [0.25, 0.3) is 0 Å². The van der Waals surface area contributed by atoms with E-state index in [1.54, 1.807) is 0 Å².